The number of hydrogen-bond acceptors (Lipinski definition) is 8. The van der Waals surface area contributed by atoms with Gasteiger partial charge in [-0.2, -0.15) is 10.4 Å². The number of aromatic nitrogens is 4. The molecule has 1 unspecified atom stereocenters. The largest absolute Gasteiger partial charge is 0.467 e. The van der Waals surface area contributed by atoms with Crippen LogP contribution < -0.4 is 15.8 Å². The average molecular weight is 422 g/mol. The summed E-state index contributed by atoms with van der Waals surface area (Å²) < 4.78 is 21.6. The van der Waals surface area contributed by atoms with Gasteiger partial charge in [-0.3, -0.25) is 9.58 Å². The molecule has 3 heterocycles. The van der Waals surface area contributed by atoms with Crippen molar-refractivity contribution < 1.29 is 9.13 Å². The zero-order valence-electron chi connectivity index (χ0n) is 17.7. The minimum absolute atomic E-state index is 0.105. The number of hydrogen-bond donors (Lipinski definition) is 2. The lowest BCUT2D eigenvalue weighted by atomic mass is 10.0. The van der Waals surface area contributed by atoms with E-state index in [4.69, 9.17) is 10.5 Å². The van der Waals surface area contributed by atoms with Gasteiger partial charge in [0.25, 0.3) is 5.88 Å². The lowest BCUT2D eigenvalue weighted by Crippen LogP contribution is -2.38. The summed E-state index contributed by atoms with van der Waals surface area (Å²) in [6.45, 7) is 1.79. The first-order valence-corrected chi connectivity index (χ1v) is 9.76. The molecular formula is C21H23FN8O. The third-order valence-corrected chi connectivity index (χ3v) is 5.32. The first-order chi connectivity index (χ1) is 14.8. The summed E-state index contributed by atoms with van der Waals surface area (Å²) in [5, 5.41) is 17.8. The number of nitriles is 1. The minimum atomic E-state index is -0.559. The van der Waals surface area contributed by atoms with Crippen molar-refractivity contribution in [3.63, 3.8) is 0 Å². The summed E-state index contributed by atoms with van der Waals surface area (Å²) in [6, 6.07) is 6.70. The average Bonchev–Trinajstić information content (AvgIpc) is 3.04. The molecule has 0 amide bonds. The van der Waals surface area contributed by atoms with Gasteiger partial charge < -0.3 is 15.8 Å². The molecule has 0 saturated heterocycles. The highest BCUT2D eigenvalue weighted by Crippen LogP contribution is 2.34. The molecule has 2 atom stereocenters. The monoisotopic (exact) mass is 422 g/mol. The van der Waals surface area contributed by atoms with Crippen molar-refractivity contribution in [3.05, 3.63) is 47.2 Å². The van der Waals surface area contributed by atoms with Crippen molar-refractivity contribution in [2.45, 2.75) is 25.6 Å². The molecule has 4 rings (SSSR count). The number of fused-ring (bicyclic) bond motifs is 5. The van der Waals surface area contributed by atoms with Crippen LogP contribution in [0.1, 0.15) is 30.0 Å². The molecule has 3 N–H and O–H groups in total. The van der Waals surface area contributed by atoms with Crippen molar-refractivity contribution in [2.75, 3.05) is 25.1 Å². The van der Waals surface area contributed by atoms with E-state index in [0.29, 0.717) is 40.3 Å². The minimum Gasteiger partial charge on any atom is -0.467 e. The van der Waals surface area contributed by atoms with Crippen molar-refractivity contribution in [3.8, 4) is 23.2 Å². The Hall–Kier alpha value is -3.71. The molecule has 0 radical (unpaired) electrons. The molecule has 0 fully saturated rings. The number of halogens is 1. The third kappa shape index (κ3) is 3.75. The van der Waals surface area contributed by atoms with Crippen molar-refractivity contribution in [2.24, 2.45) is 7.05 Å². The molecule has 2 bridgehead atoms. The fourth-order valence-corrected chi connectivity index (χ4v) is 3.67. The SMILES string of the molecule is C[C@H]1Oc2nc(cnc2N)-c2c(nn(C)c2C#N)CC(N(C)C)Nc2ccc(F)cc21. The molecule has 31 heavy (non-hydrogen) atoms. The first-order valence-electron chi connectivity index (χ1n) is 9.76. The Kier molecular flexibility index (Phi) is 5.20. The van der Waals surface area contributed by atoms with E-state index < -0.39 is 6.10 Å². The van der Waals surface area contributed by atoms with Crippen LogP contribution in [0.3, 0.4) is 0 Å². The van der Waals surface area contributed by atoms with Crippen LogP contribution in [0.5, 0.6) is 5.88 Å². The molecule has 0 spiro atoms. The normalized spacial score (nSPS) is 18.0. The van der Waals surface area contributed by atoms with Gasteiger partial charge in [-0.1, -0.05) is 0 Å². The Morgan fingerprint density at radius 2 is 2.16 bits per heavy atom. The number of ether oxygens (including phenoxy) is 1. The summed E-state index contributed by atoms with van der Waals surface area (Å²) in [4.78, 5) is 10.8. The van der Waals surface area contributed by atoms with Gasteiger partial charge in [0.15, 0.2) is 5.82 Å². The van der Waals surface area contributed by atoms with Gasteiger partial charge in [0.1, 0.15) is 23.7 Å². The fraction of sp³-hybridized carbons (Fsp3) is 0.333. The lowest BCUT2D eigenvalue weighted by Gasteiger charge is -2.29. The second-order valence-electron chi connectivity index (χ2n) is 7.67. The molecular weight excluding hydrogens is 399 g/mol. The highest BCUT2D eigenvalue weighted by molar-refractivity contribution is 5.69. The molecule has 3 aromatic rings. The quantitative estimate of drug-likeness (QED) is 0.614. The number of benzene rings is 1. The molecule has 10 heteroatoms. The zero-order chi connectivity index (χ0) is 22.3. The van der Waals surface area contributed by atoms with Gasteiger partial charge in [-0.15, -0.1) is 0 Å². The number of nitrogens with one attached hydrogen (secondary N) is 1. The van der Waals surface area contributed by atoms with Crippen molar-refractivity contribution >= 4 is 11.5 Å². The van der Waals surface area contributed by atoms with Gasteiger partial charge in [-0.25, -0.2) is 14.4 Å². The molecule has 1 aliphatic rings. The van der Waals surface area contributed by atoms with E-state index >= 15 is 0 Å². The Labute approximate surface area is 179 Å². The molecule has 1 aromatic carbocycles. The summed E-state index contributed by atoms with van der Waals surface area (Å²) in [6.07, 6.45) is 1.21. The number of anilines is 2. The summed E-state index contributed by atoms with van der Waals surface area (Å²) in [7, 11) is 5.58. The van der Waals surface area contributed by atoms with E-state index in [1.165, 1.54) is 23.0 Å². The predicted octanol–water partition coefficient (Wildman–Crippen LogP) is 2.47. The van der Waals surface area contributed by atoms with Gasteiger partial charge in [-0.05, 0) is 39.2 Å². The van der Waals surface area contributed by atoms with Crippen LogP contribution in [-0.2, 0) is 13.5 Å². The Morgan fingerprint density at radius 3 is 2.87 bits per heavy atom. The van der Waals surface area contributed by atoms with E-state index in [1.54, 1.807) is 20.0 Å². The molecule has 9 nitrogen and oxygen atoms in total. The van der Waals surface area contributed by atoms with Crippen LogP contribution >= 0.6 is 0 Å². The van der Waals surface area contributed by atoms with Crippen molar-refractivity contribution in [1.29, 1.82) is 5.26 Å². The Balaban J connectivity index is 1.96. The topological polar surface area (TPSA) is 118 Å². The molecule has 2 aromatic heterocycles. The molecule has 0 aliphatic carbocycles. The lowest BCUT2D eigenvalue weighted by molar-refractivity contribution is 0.218. The standard InChI is InChI=1S/C21H23FN8O/c1-11-13-7-12(22)5-6-14(13)26-18(29(2)3)8-15-19(17(9-23)30(4)28-15)16-10-25-20(24)21(27-16)31-11/h5-7,10-11,18,26H,8H2,1-4H3,(H2,24,25)/t11-,18?/m1/s1. The van der Waals surface area contributed by atoms with E-state index in [2.05, 4.69) is 26.5 Å². The van der Waals surface area contributed by atoms with E-state index in [0.717, 1.165) is 0 Å². The Morgan fingerprint density at radius 1 is 1.39 bits per heavy atom. The summed E-state index contributed by atoms with van der Waals surface area (Å²) in [5.41, 5.74) is 9.41. The van der Waals surface area contributed by atoms with Gasteiger partial charge in [0.2, 0.25) is 0 Å². The van der Waals surface area contributed by atoms with E-state index in [1.807, 2.05) is 19.0 Å². The third-order valence-electron chi connectivity index (χ3n) is 5.32. The van der Waals surface area contributed by atoms with E-state index in [-0.39, 0.29) is 23.7 Å². The number of nitrogens with two attached hydrogens (primary N) is 1. The van der Waals surface area contributed by atoms with Crippen LogP contribution in [0.4, 0.5) is 15.9 Å². The van der Waals surface area contributed by atoms with E-state index in [9.17, 15) is 9.65 Å². The van der Waals surface area contributed by atoms with Gasteiger partial charge in [0.05, 0.1) is 29.3 Å². The molecule has 0 saturated carbocycles. The van der Waals surface area contributed by atoms with Gasteiger partial charge >= 0.3 is 0 Å². The predicted molar refractivity (Wildman–Crippen MR) is 114 cm³/mol. The maximum absolute atomic E-state index is 14.1. The second-order valence-corrected chi connectivity index (χ2v) is 7.67. The number of nitrogen functional groups attached to an aromatic ring is 1. The number of nitrogens with zero attached hydrogens (tertiary/aromatic N) is 6. The van der Waals surface area contributed by atoms with Crippen LogP contribution in [0, 0.1) is 17.1 Å². The highest BCUT2D eigenvalue weighted by Gasteiger charge is 2.27. The smallest absolute Gasteiger partial charge is 0.258 e. The summed E-state index contributed by atoms with van der Waals surface area (Å²) in [5.74, 6) is -0.152. The van der Waals surface area contributed by atoms with Gasteiger partial charge in [0, 0.05) is 24.7 Å². The van der Waals surface area contributed by atoms with Crippen molar-refractivity contribution in [1.82, 2.24) is 24.6 Å². The maximum atomic E-state index is 14.1. The van der Waals surface area contributed by atoms with Crippen LogP contribution in [0.2, 0.25) is 0 Å². The summed E-state index contributed by atoms with van der Waals surface area (Å²) >= 11 is 0. The number of likely N-dealkylation sites (N-methyl/N-ethyl adjacent to an activating group) is 1. The van der Waals surface area contributed by atoms with Crippen LogP contribution in [0.25, 0.3) is 11.3 Å². The Bertz CT molecular complexity index is 1180. The zero-order valence-corrected chi connectivity index (χ0v) is 17.7. The molecule has 1 aliphatic heterocycles. The number of aryl methyl sites for hydroxylation is 1. The first kappa shape index (κ1) is 20.6. The molecule has 160 valence electrons. The fourth-order valence-electron chi connectivity index (χ4n) is 3.67. The van der Waals surface area contributed by atoms with Crippen LogP contribution in [-0.4, -0.2) is 44.9 Å². The second kappa shape index (κ2) is 7.85. The van der Waals surface area contributed by atoms with Crippen LogP contribution in [0.15, 0.2) is 24.4 Å². The number of rotatable bonds is 1. The maximum Gasteiger partial charge on any atom is 0.258 e. The highest BCUT2D eigenvalue weighted by atomic mass is 19.1.